The van der Waals surface area contributed by atoms with Gasteiger partial charge in [-0.1, -0.05) is 0 Å². The Bertz CT molecular complexity index is 417. The molecule has 0 aromatic heterocycles. The highest BCUT2D eigenvalue weighted by Crippen LogP contribution is 2.36. The zero-order chi connectivity index (χ0) is 13.0. The Morgan fingerprint density at radius 2 is 2.12 bits per heavy atom. The molecule has 1 aromatic rings. The fourth-order valence-electron chi connectivity index (χ4n) is 1.46. The van der Waals surface area contributed by atoms with E-state index in [9.17, 15) is 4.79 Å². The van der Waals surface area contributed by atoms with Crippen molar-refractivity contribution in [2.75, 3.05) is 13.7 Å². The molecule has 0 bridgehead atoms. The maximum absolute atomic E-state index is 11.0. The topological polar surface area (TPSA) is 55.8 Å². The number of aliphatic carboxylic acids is 1. The standard InChI is InChI=1S/C12H15BrO4/c1-4-17-10-6-11(16-3)9(13)5-8(10)7(2)12(14)15/h5-7H,4H2,1-3H3,(H,14,15). The lowest BCUT2D eigenvalue weighted by Gasteiger charge is -2.16. The summed E-state index contributed by atoms with van der Waals surface area (Å²) in [4.78, 5) is 11.0. The molecule has 0 spiro atoms. The van der Waals surface area contributed by atoms with Gasteiger partial charge in [0.15, 0.2) is 0 Å². The molecule has 1 atom stereocenters. The molecule has 1 N–H and O–H groups in total. The maximum Gasteiger partial charge on any atom is 0.310 e. The molecule has 0 heterocycles. The summed E-state index contributed by atoms with van der Waals surface area (Å²) in [6, 6.07) is 3.42. The van der Waals surface area contributed by atoms with Gasteiger partial charge >= 0.3 is 5.97 Å². The first-order valence-electron chi connectivity index (χ1n) is 5.24. The van der Waals surface area contributed by atoms with Gasteiger partial charge in [-0.25, -0.2) is 0 Å². The van der Waals surface area contributed by atoms with E-state index >= 15 is 0 Å². The van der Waals surface area contributed by atoms with E-state index in [1.165, 1.54) is 0 Å². The van der Waals surface area contributed by atoms with Crippen LogP contribution in [0.3, 0.4) is 0 Å². The lowest BCUT2D eigenvalue weighted by molar-refractivity contribution is -0.138. The quantitative estimate of drug-likeness (QED) is 0.908. The van der Waals surface area contributed by atoms with Crippen molar-refractivity contribution in [2.45, 2.75) is 19.8 Å². The van der Waals surface area contributed by atoms with E-state index in [1.54, 1.807) is 26.2 Å². The van der Waals surface area contributed by atoms with Crippen molar-refractivity contribution in [1.29, 1.82) is 0 Å². The number of carbonyl (C=O) groups is 1. The van der Waals surface area contributed by atoms with Crippen LogP contribution in [0.25, 0.3) is 0 Å². The molecule has 1 aromatic carbocycles. The second kappa shape index (κ2) is 5.91. The lowest BCUT2D eigenvalue weighted by atomic mass is 10.00. The first-order chi connectivity index (χ1) is 8.01. The fraction of sp³-hybridized carbons (Fsp3) is 0.417. The molecule has 0 aliphatic rings. The van der Waals surface area contributed by atoms with E-state index in [2.05, 4.69) is 15.9 Å². The van der Waals surface area contributed by atoms with Crippen molar-refractivity contribution in [1.82, 2.24) is 0 Å². The number of hydrogen-bond donors (Lipinski definition) is 1. The number of hydrogen-bond acceptors (Lipinski definition) is 3. The summed E-state index contributed by atoms with van der Waals surface area (Å²) in [5.41, 5.74) is 0.632. The zero-order valence-corrected chi connectivity index (χ0v) is 11.6. The maximum atomic E-state index is 11.0. The van der Waals surface area contributed by atoms with Gasteiger partial charge in [0.25, 0.3) is 0 Å². The van der Waals surface area contributed by atoms with Gasteiger partial charge in [-0.3, -0.25) is 4.79 Å². The van der Waals surface area contributed by atoms with E-state index in [-0.39, 0.29) is 0 Å². The summed E-state index contributed by atoms with van der Waals surface area (Å²) in [7, 11) is 1.55. The van der Waals surface area contributed by atoms with Crippen LogP contribution in [-0.2, 0) is 4.79 Å². The predicted molar refractivity (Wildman–Crippen MR) is 67.9 cm³/mol. The second-order valence-corrected chi connectivity index (χ2v) is 4.37. The van der Waals surface area contributed by atoms with Crippen LogP contribution in [0.1, 0.15) is 25.3 Å². The van der Waals surface area contributed by atoms with Crippen LogP contribution in [0.15, 0.2) is 16.6 Å². The van der Waals surface area contributed by atoms with Crippen molar-refractivity contribution >= 4 is 21.9 Å². The van der Waals surface area contributed by atoms with Crippen molar-refractivity contribution in [3.05, 3.63) is 22.2 Å². The molecule has 1 unspecified atom stereocenters. The molecule has 17 heavy (non-hydrogen) atoms. The largest absolute Gasteiger partial charge is 0.495 e. The molecule has 0 aliphatic heterocycles. The Hall–Kier alpha value is -1.23. The first kappa shape index (κ1) is 13.8. The molecule has 1 rings (SSSR count). The monoisotopic (exact) mass is 302 g/mol. The van der Waals surface area contributed by atoms with Gasteiger partial charge in [0.05, 0.1) is 24.1 Å². The summed E-state index contributed by atoms with van der Waals surface area (Å²) in [6.07, 6.45) is 0. The van der Waals surface area contributed by atoms with Crippen LogP contribution < -0.4 is 9.47 Å². The van der Waals surface area contributed by atoms with Crippen LogP contribution in [-0.4, -0.2) is 24.8 Å². The minimum Gasteiger partial charge on any atom is -0.495 e. The lowest BCUT2D eigenvalue weighted by Crippen LogP contribution is -2.10. The molecule has 0 radical (unpaired) electrons. The van der Waals surface area contributed by atoms with Crippen LogP contribution >= 0.6 is 15.9 Å². The van der Waals surface area contributed by atoms with Gasteiger partial charge in [0, 0.05) is 11.6 Å². The van der Waals surface area contributed by atoms with E-state index in [4.69, 9.17) is 14.6 Å². The minimum atomic E-state index is -0.886. The van der Waals surface area contributed by atoms with E-state index < -0.39 is 11.9 Å². The number of halogens is 1. The molecular formula is C12H15BrO4. The molecule has 0 saturated carbocycles. The summed E-state index contributed by atoms with van der Waals surface area (Å²) >= 11 is 3.34. The van der Waals surface area contributed by atoms with Crippen LogP contribution in [0.4, 0.5) is 0 Å². The molecule has 0 saturated heterocycles. The van der Waals surface area contributed by atoms with Gasteiger partial charge < -0.3 is 14.6 Å². The molecule has 0 amide bonds. The average Bonchev–Trinajstić information content (AvgIpc) is 2.30. The number of rotatable bonds is 5. The molecule has 0 aliphatic carbocycles. The number of carboxylic acids is 1. The number of benzene rings is 1. The summed E-state index contributed by atoms with van der Waals surface area (Å²) in [5, 5.41) is 9.04. The zero-order valence-electron chi connectivity index (χ0n) is 9.99. The summed E-state index contributed by atoms with van der Waals surface area (Å²) in [5.74, 6) is -0.348. The fourth-order valence-corrected chi connectivity index (χ4v) is 1.98. The molecule has 94 valence electrons. The highest BCUT2D eigenvalue weighted by Gasteiger charge is 2.20. The minimum absolute atomic E-state index is 0.476. The highest BCUT2D eigenvalue weighted by molar-refractivity contribution is 9.10. The Morgan fingerprint density at radius 1 is 1.47 bits per heavy atom. The van der Waals surface area contributed by atoms with Crippen molar-refractivity contribution < 1.29 is 19.4 Å². The summed E-state index contributed by atoms with van der Waals surface area (Å²) in [6.45, 7) is 3.95. The number of methoxy groups -OCH3 is 1. The third-order valence-electron chi connectivity index (χ3n) is 2.42. The Morgan fingerprint density at radius 3 is 2.59 bits per heavy atom. The highest BCUT2D eigenvalue weighted by atomic mass is 79.9. The van der Waals surface area contributed by atoms with Crippen LogP contribution in [0.5, 0.6) is 11.5 Å². The smallest absolute Gasteiger partial charge is 0.310 e. The Kier molecular flexibility index (Phi) is 4.81. The van der Waals surface area contributed by atoms with Crippen LogP contribution in [0, 0.1) is 0 Å². The SMILES string of the molecule is CCOc1cc(OC)c(Br)cc1C(C)C(=O)O. The van der Waals surface area contributed by atoms with Gasteiger partial charge in [-0.2, -0.15) is 0 Å². The predicted octanol–water partition coefficient (Wildman–Crippen LogP) is 3.04. The molecule has 5 heteroatoms. The van der Waals surface area contributed by atoms with Gasteiger partial charge in [-0.15, -0.1) is 0 Å². The van der Waals surface area contributed by atoms with Crippen molar-refractivity contribution in [3.63, 3.8) is 0 Å². The molecular weight excluding hydrogens is 288 g/mol. The Balaban J connectivity index is 3.26. The first-order valence-corrected chi connectivity index (χ1v) is 6.03. The third kappa shape index (κ3) is 3.12. The van der Waals surface area contributed by atoms with Crippen LogP contribution in [0.2, 0.25) is 0 Å². The van der Waals surface area contributed by atoms with Crippen molar-refractivity contribution in [3.8, 4) is 11.5 Å². The van der Waals surface area contributed by atoms with Crippen molar-refractivity contribution in [2.24, 2.45) is 0 Å². The molecule has 0 fully saturated rings. The normalized spacial score (nSPS) is 12.0. The van der Waals surface area contributed by atoms with Gasteiger partial charge in [-0.05, 0) is 35.8 Å². The number of ether oxygens (including phenoxy) is 2. The van der Waals surface area contributed by atoms with Gasteiger partial charge in [0.2, 0.25) is 0 Å². The second-order valence-electron chi connectivity index (χ2n) is 3.52. The third-order valence-corrected chi connectivity index (χ3v) is 3.04. The van der Waals surface area contributed by atoms with E-state index in [0.29, 0.717) is 28.1 Å². The Labute approximate surface area is 109 Å². The van der Waals surface area contributed by atoms with E-state index in [0.717, 1.165) is 0 Å². The van der Waals surface area contributed by atoms with Gasteiger partial charge in [0.1, 0.15) is 11.5 Å². The average molecular weight is 303 g/mol. The molecule has 4 nitrogen and oxygen atoms in total. The number of carboxylic acid groups (broad SMARTS) is 1. The van der Waals surface area contributed by atoms with E-state index in [1.807, 2.05) is 6.92 Å². The summed E-state index contributed by atoms with van der Waals surface area (Å²) < 4.78 is 11.3.